The summed E-state index contributed by atoms with van der Waals surface area (Å²) < 4.78 is 4.62. The SMILES string of the molecule is COC(=O)c1ccc(Cl)c(NC(=O)C(N)CC(C)C)c1. The Hall–Kier alpha value is -1.59. The summed E-state index contributed by atoms with van der Waals surface area (Å²) in [4.78, 5) is 23.4. The van der Waals surface area contributed by atoms with E-state index in [1.54, 1.807) is 0 Å². The monoisotopic (exact) mass is 298 g/mol. The number of ether oxygens (including phenoxy) is 1. The molecule has 110 valence electrons. The normalized spacial score (nSPS) is 12.1. The van der Waals surface area contributed by atoms with Crippen LogP contribution in [0.1, 0.15) is 30.6 Å². The molecule has 1 amide bonds. The number of benzene rings is 1. The van der Waals surface area contributed by atoms with Gasteiger partial charge in [0.15, 0.2) is 0 Å². The highest BCUT2D eigenvalue weighted by atomic mass is 35.5. The molecule has 1 unspecified atom stereocenters. The number of hydrogen-bond acceptors (Lipinski definition) is 4. The minimum Gasteiger partial charge on any atom is -0.465 e. The van der Waals surface area contributed by atoms with Gasteiger partial charge in [-0.05, 0) is 30.5 Å². The number of methoxy groups -OCH3 is 1. The van der Waals surface area contributed by atoms with Gasteiger partial charge in [0.05, 0.1) is 29.4 Å². The van der Waals surface area contributed by atoms with Crippen molar-refractivity contribution in [2.75, 3.05) is 12.4 Å². The van der Waals surface area contributed by atoms with Crippen molar-refractivity contribution < 1.29 is 14.3 Å². The Bertz CT molecular complexity index is 503. The predicted molar refractivity (Wildman–Crippen MR) is 78.9 cm³/mol. The summed E-state index contributed by atoms with van der Waals surface area (Å²) in [6.45, 7) is 3.97. The van der Waals surface area contributed by atoms with Crippen LogP contribution in [0.3, 0.4) is 0 Å². The number of nitrogens with two attached hydrogens (primary N) is 1. The Morgan fingerprint density at radius 3 is 2.60 bits per heavy atom. The average molecular weight is 299 g/mol. The summed E-state index contributed by atoms with van der Waals surface area (Å²) in [7, 11) is 1.29. The van der Waals surface area contributed by atoms with Crippen molar-refractivity contribution in [3.05, 3.63) is 28.8 Å². The summed E-state index contributed by atoms with van der Waals surface area (Å²) >= 11 is 5.99. The van der Waals surface area contributed by atoms with Gasteiger partial charge in [-0.15, -0.1) is 0 Å². The lowest BCUT2D eigenvalue weighted by Gasteiger charge is -2.15. The standard InChI is InChI=1S/C14H19ClN2O3/c1-8(2)6-11(16)13(18)17-12-7-9(14(19)20-3)4-5-10(12)15/h4-5,7-8,11H,6,16H2,1-3H3,(H,17,18). The second-order valence-corrected chi connectivity index (χ2v) is 5.32. The third kappa shape index (κ3) is 4.51. The van der Waals surface area contributed by atoms with Crippen LogP contribution in [0.4, 0.5) is 5.69 Å². The number of carbonyl (C=O) groups excluding carboxylic acids is 2. The van der Waals surface area contributed by atoms with Crippen molar-refractivity contribution in [1.82, 2.24) is 0 Å². The molecule has 0 aliphatic carbocycles. The van der Waals surface area contributed by atoms with E-state index < -0.39 is 12.0 Å². The fourth-order valence-electron chi connectivity index (χ4n) is 1.71. The first-order chi connectivity index (χ1) is 9.35. The molecule has 0 heterocycles. The number of amides is 1. The molecular weight excluding hydrogens is 280 g/mol. The van der Waals surface area contributed by atoms with E-state index in [1.165, 1.54) is 25.3 Å². The van der Waals surface area contributed by atoms with Crippen molar-refractivity contribution in [2.24, 2.45) is 11.7 Å². The first kappa shape index (κ1) is 16.5. The van der Waals surface area contributed by atoms with Gasteiger partial charge in [0, 0.05) is 0 Å². The lowest BCUT2D eigenvalue weighted by molar-refractivity contribution is -0.117. The zero-order valence-electron chi connectivity index (χ0n) is 11.8. The molecule has 0 saturated carbocycles. The highest BCUT2D eigenvalue weighted by Gasteiger charge is 2.17. The highest BCUT2D eigenvalue weighted by molar-refractivity contribution is 6.33. The maximum Gasteiger partial charge on any atom is 0.337 e. The van der Waals surface area contributed by atoms with Gasteiger partial charge in [-0.25, -0.2) is 4.79 Å². The molecule has 1 rings (SSSR count). The number of rotatable bonds is 5. The smallest absolute Gasteiger partial charge is 0.337 e. The molecule has 1 atom stereocenters. The van der Waals surface area contributed by atoms with E-state index in [0.29, 0.717) is 28.6 Å². The third-order valence-corrected chi connectivity index (χ3v) is 3.04. The fourth-order valence-corrected chi connectivity index (χ4v) is 1.87. The zero-order chi connectivity index (χ0) is 15.3. The Morgan fingerprint density at radius 2 is 2.05 bits per heavy atom. The van der Waals surface area contributed by atoms with E-state index in [0.717, 1.165) is 0 Å². The highest BCUT2D eigenvalue weighted by Crippen LogP contribution is 2.23. The first-order valence-electron chi connectivity index (χ1n) is 6.29. The lowest BCUT2D eigenvalue weighted by atomic mass is 10.0. The quantitative estimate of drug-likeness (QED) is 0.818. The largest absolute Gasteiger partial charge is 0.465 e. The summed E-state index contributed by atoms with van der Waals surface area (Å²) in [6, 6.07) is 3.90. The summed E-state index contributed by atoms with van der Waals surface area (Å²) in [5.41, 5.74) is 6.45. The predicted octanol–water partition coefficient (Wildman–Crippen LogP) is 2.44. The summed E-state index contributed by atoms with van der Waals surface area (Å²) in [5.74, 6) is -0.515. The van der Waals surface area contributed by atoms with E-state index >= 15 is 0 Å². The molecule has 0 saturated heterocycles. The van der Waals surface area contributed by atoms with Crippen LogP contribution in [0.15, 0.2) is 18.2 Å². The summed E-state index contributed by atoms with van der Waals surface area (Å²) in [5, 5.41) is 2.97. The number of anilines is 1. The third-order valence-electron chi connectivity index (χ3n) is 2.71. The number of halogens is 1. The molecule has 0 aromatic heterocycles. The van der Waals surface area contributed by atoms with Crippen LogP contribution in [0, 0.1) is 5.92 Å². The number of nitrogens with one attached hydrogen (secondary N) is 1. The molecule has 3 N–H and O–H groups in total. The van der Waals surface area contributed by atoms with Crippen LogP contribution < -0.4 is 11.1 Å². The van der Waals surface area contributed by atoms with E-state index in [9.17, 15) is 9.59 Å². The van der Waals surface area contributed by atoms with E-state index in [1.807, 2.05) is 13.8 Å². The second-order valence-electron chi connectivity index (χ2n) is 4.91. The van der Waals surface area contributed by atoms with Crippen molar-refractivity contribution in [2.45, 2.75) is 26.3 Å². The van der Waals surface area contributed by atoms with Gasteiger partial charge in [0.25, 0.3) is 0 Å². The van der Waals surface area contributed by atoms with Crippen LogP contribution >= 0.6 is 11.6 Å². The van der Waals surface area contributed by atoms with E-state index in [2.05, 4.69) is 10.1 Å². The van der Waals surface area contributed by atoms with Crippen molar-refractivity contribution >= 4 is 29.2 Å². The lowest BCUT2D eigenvalue weighted by Crippen LogP contribution is -2.36. The van der Waals surface area contributed by atoms with E-state index in [4.69, 9.17) is 17.3 Å². The van der Waals surface area contributed by atoms with Crippen LogP contribution in [-0.2, 0) is 9.53 Å². The Labute approximate surface area is 123 Å². The van der Waals surface area contributed by atoms with Crippen molar-refractivity contribution in [3.8, 4) is 0 Å². The summed E-state index contributed by atoms with van der Waals surface area (Å²) in [6.07, 6.45) is 0.570. The van der Waals surface area contributed by atoms with Crippen molar-refractivity contribution in [1.29, 1.82) is 0 Å². The van der Waals surface area contributed by atoms with Crippen LogP contribution in [-0.4, -0.2) is 25.0 Å². The number of esters is 1. The molecule has 6 heteroatoms. The number of carbonyl (C=O) groups is 2. The molecule has 0 spiro atoms. The van der Waals surface area contributed by atoms with Gasteiger partial charge in [-0.2, -0.15) is 0 Å². The first-order valence-corrected chi connectivity index (χ1v) is 6.67. The van der Waals surface area contributed by atoms with Crippen LogP contribution in [0.2, 0.25) is 5.02 Å². The molecule has 1 aromatic rings. The molecule has 0 bridgehead atoms. The topological polar surface area (TPSA) is 81.4 Å². The van der Waals surface area contributed by atoms with Gasteiger partial charge >= 0.3 is 5.97 Å². The van der Waals surface area contributed by atoms with E-state index in [-0.39, 0.29) is 5.91 Å². The second kappa shape index (κ2) is 7.26. The molecule has 5 nitrogen and oxygen atoms in total. The molecule has 0 aliphatic heterocycles. The molecule has 0 aliphatic rings. The van der Waals surface area contributed by atoms with Crippen LogP contribution in [0.5, 0.6) is 0 Å². The van der Waals surface area contributed by atoms with Gasteiger partial charge in [-0.3, -0.25) is 4.79 Å². The van der Waals surface area contributed by atoms with Gasteiger partial charge in [-0.1, -0.05) is 25.4 Å². The fraction of sp³-hybridized carbons (Fsp3) is 0.429. The van der Waals surface area contributed by atoms with Crippen molar-refractivity contribution in [3.63, 3.8) is 0 Å². The molecule has 0 fully saturated rings. The van der Waals surface area contributed by atoms with Crippen LogP contribution in [0.25, 0.3) is 0 Å². The zero-order valence-corrected chi connectivity index (χ0v) is 12.5. The molecule has 0 radical (unpaired) electrons. The Kier molecular flexibility index (Phi) is 5.98. The molecular formula is C14H19ClN2O3. The van der Waals surface area contributed by atoms with Gasteiger partial charge in [0.2, 0.25) is 5.91 Å². The maximum atomic E-state index is 11.9. The number of hydrogen-bond donors (Lipinski definition) is 2. The molecule has 1 aromatic carbocycles. The maximum absolute atomic E-state index is 11.9. The average Bonchev–Trinajstić information content (AvgIpc) is 2.39. The Balaban J connectivity index is 2.86. The molecule has 20 heavy (non-hydrogen) atoms. The van der Waals surface area contributed by atoms with Gasteiger partial charge in [0.1, 0.15) is 0 Å². The minimum absolute atomic E-state index is 0.310. The minimum atomic E-state index is -0.618. The Morgan fingerprint density at radius 1 is 1.40 bits per heavy atom. The van der Waals surface area contributed by atoms with Gasteiger partial charge < -0.3 is 15.8 Å².